The molecule has 0 fully saturated rings. The van der Waals surface area contributed by atoms with Crippen LogP contribution in [0.25, 0.3) is 0 Å². The molecule has 0 spiro atoms. The summed E-state index contributed by atoms with van der Waals surface area (Å²) in [6.07, 6.45) is 30.7. The topological polar surface area (TPSA) is 83.8 Å². The number of carbonyl (C=O) groups is 2. The number of esters is 1. The third-order valence-corrected chi connectivity index (χ3v) is 8.65. The summed E-state index contributed by atoms with van der Waals surface area (Å²) < 4.78 is 5.29. The minimum atomic E-state index is -0.912. The summed E-state index contributed by atoms with van der Waals surface area (Å²) in [5.74, 6) is -1.22. The third-order valence-electron chi connectivity index (χ3n) is 8.65. The number of hydrogen-bond donors (Lipinski definition) is 2. The Morgan fingerprint density at radius 2 is 1.00 bits per heavy atom. The normalized spacial score (nSPS) is 19.1. The highest BCUT2D eigenvalue weighted by molar-refractivity contribution is 5.83. The number of ether oxygens (including phenoxy) is 1. The fraction of sp³-hybridized carbons (Fsp3) is 0.542. The Kier molecular flexibility index (Phi) is 20.9. The Labute approximate surface area is 324 Å². The molecule has 0 amide bonds. The molecule has 0 aliphatic heterocycles. The van der Waals surface area contributed by atoms with Gasteiger partial charge in [0.25, 0.3) is 0 Å². The second kappa shape index (κ2) is 22.5. The van der Waals surface area contributed by atoms with Gasteiger partial charge >= 0.3 is 11.9 Å². The molecule has 296 valence electrons. The Morgan fingerprint density at radius 1 is 0.642 bits per heavy atom. The number of carboxylic acids is 1. The van der Waals surface area contributed by atoms with Gasteiger partial charge in [0, 0.05) is 12.2 Å². The van der Waals surface area contributed by atoms with Gasteiger partial charge in [-0.25, -0.2) is 9.59 Å². The molecule has 2 aliphatic rings. The van der Waals surface area contributed by atoms with Crippen LogP contribution in [0.3, 0.4) is 0 Å². The zero-order valence-corrected chi connectivity index (χ0v) is 36.3. The molecule has 2 rings (SSSR count). The Hall–Kier alpha value is -3.70. The van der Waals surface area contributed by atoms with E-state index >= 15 is 0 Å². The van der Waals surface area contributed by atoms with Gasteiger partial charge < -0.3 is 14.9 Å². The molecular formula is C48H74O5. The minimum absolute atomic E-state index is 0.260. The van der Waals surface area contributed by atoms with Crippen LogP contribution in [0.15, 0.2) is 117 Å². The molecule has 2 N–H and O–H groups in total. The lowest BCUT2D eigenvalue weighted by atomic mass is 9.72. The number of carbonyl (C=O) groups excluding carboxylic acids is 1. The van der Waals surface area contributed by atoms with E-state index in [4.69, 9.17) is 14.9 Å². The first-order chi connectivity index (χ1) is 24.1. The molecule has 0 heterocycles. The van der Waals surface area contributed by atoms with E-state index in [0.29, 0.717) is 0 Å². The summed E-state index contributed by atoms with van der Waals surface area (Å²) in [6, 6.07) is 0. The summed E-state index contributed by atoms with van der Waals surface area (Å²) in [5.41, 5.74) is 9.45. The molecule has 0 aromatic rings. The number of aliphatic carboxylic acids is 1. The largest absolute Gasteiger partial charge is 0.478 e. The van der Waals surface area contributed by atoms with E-state index in [9.17, 15) is 9.59 Å². The zero-order chi connectivity index (χ0) is 41.2. The Balaban J connectivity index is 0.000000913. The standard InChI is InChI=1S/C24H36O2.C20H28O2.C4H10O/c1-18(14-15-21-20(3)13-10-16-24(21,7)8)11-9-12-19(2)17-22(25)26-23(4,5)6;1-15(8-6-9-16(2)14-19(21)22)11-12-18-17(3)10-7-13-20(18,4)5;1-4(2,3)5/h9,11-12,14-15,17H,10,13,16H2,1-8H3;6,8-9,11-12,14H,7,10,13H2,1-5H3,(H,21,22);5H,1-3H3/b12-9+,15-14+,18-11+,19-17+;9-6+,12-11+,15-8+,16-14+;. The lowest BCUT2D eigenvalue weighted by Gasteiger charge is -2.33. The second-order valence-corrected chi connectivity index (χ2v) is 17.9. The molecular weight excluding hydrogens is 657 g/mol. The zero-order valence-electron chi connectivity index (χ0n) is 36.3. The molecule has 0 aromatic carbocycles. The van der Waals surface area contributed by atoms with Gasteiger partial charge in [-0.05, 0) is 155 Å². The lowest BCUT2D eigenvalue weighted by molar-refractivity contribution is -0.148. The van der Waals surface area contributed by atoms with E-state index in [1.807, 2.05) is 52.0 Å². The predicted molar refractivity (Wildman–Crippen MR) is 228 cm³/mol. The SMILES string of the molecule is CC(C)(C)O.CC1=C(/C=C/C(C)=C/C=C/C(C)=C/C(=O)O)C(C)(C)CCC1.CC1=C(/C=C/C(C)=C/C=C/C(C)=C/C(=O)OC(C)(C)C)C(C)(C)CCC1. The van der Waals surface area contributed by atoms with E-state index in [2.05, 4.69) is 85.8 Å². The first kappa shape index (κ1) is 49.3. The average molecular weight is 731 g/mol. The van der Waals surface area contributed by atoms with Crippen LogP contribution in [0.4, 0.5) is 0 Å². The lowest BCUT2D eigenvalue weighted by Crippen LogP contribution is -2.22. The van der Waals surface area contributed by atoms with Crippen LogP contribution in [0, 0.1) is 10.8 Å². The second-order valence-electron chi connectivity index (χ2n) is 17.9. The van der Waals surface area contributed by atoms with Crippen molar-refractivity contribution in [2.24, 2.45) is 10.8 Å². The third kappa shape index (κ3) is 24.3. The van der Waals surface area contributed by atoms with Crippen LogP contribution in [0.2, 0.25) is 0 Å². The minimum Gasteiger partial charge on any atom is -0.478 e. The highest BCUT2D eigenvalue weighted by atomic mass is 16.6. The molecule has 0 unspecified atom stereocenters. The first-order valence-electron chi connectivity index (χ1n) is 19.1. The van der Waals surface area contributed by atoms with E-state index in [0.717, 1.165) is 16.7 Å². The van der Waals surface area contributed by atoms with Gasteiger partial charge in [-0.1, -0.05) is 111 Å². The van der Waals surface area contributed by atoms with Crippen molar-refractivity contribution in [3.8, 4) is 0 Å². The Morgan fingerprint density at radius 3 is 1.32 bits per heavy atom. The molecule has 0 bridgehead atoms. The average Bonchev–Trinajstić information content (AvgIpc) is 2.94. The fourth-order valence-electron chi connectivity index (χ4n) is 6.07. The van der Waals surface area contributed by atoms with E-state index in [1.165, 1.54) is 78.5 Å². The number of rotatable bonds is 10. The highest BCUT2D eigenvalue weighted by Crippen LogP contribution is 2.41. The monoisotopic (exact) mass is 731 g/mol. The molecule has 53 heavy (non-hydrogen) atoms. The number of aliphatic hydroxyl groups is 1. The van der Waals surface area contributed by atoms with Gasteiger partial charge in [0.2, 0.25) is 0 Å². The maximum atomic E-state index is 11.8. The van der Waals surface area contributed by atoms with Crippen molar-refractivity contribution in [2.75, 3.05) is 0 Å². The Bertz CT molecular complexity index is 1530. The van der Waals surface area contributed by atoms with Gasteiger partial charge in [0.05, 0.1) is 5.60 Å². The fourth-order valence-corrected chi connectivity index (χ4v) is 6.07. The number of carboxylic acid groups (broad SMARTS) is 1. The number of hydrogen-bond acceptors (Lipinski definition) is 4. The van der Waals surface area contributed by atoms with Crippen molar-refractivity contribution < 1.29 is 24.5 Å². The van der Waals surface area contributed by atoms with Crippen LogP contribution in [-0.4, -0.2) is 33.4 Å². The van der Waals surface area contributed by atoms with E-state index < -0.39 is 17.2 Å². The van der Waals surface area contributed by atoms with Gasteiger partial charge in [-0.3, -0.25) is 0 Å². The van der Waals surface area contributed by atoms with Gasteiger partial charge in [0.15, 0.2) is 0 Å². The highest BCUT2D eigenvalue weighted by Gasteiger charge is 2.27. The molecule has 2 aliphatic carbocycles. The summed E-state index contributed by atoms with van der Waals surface area (Å²) in [7, 11) is 0. The van der Waals surface area contributed by atoms with Gasteiger partial charge in [0.1, 0.15) is 5.60 Å². The molecule has 0 saturated heterocycles. The van der Waals surface area contributed by atoms with E-state index in [1.54, 1.807) is 33.8 Å². The van der Waals surface area contributed by atoms with Crippen molar-refractivity contribution in [3.05, 3.63) is 117 Å². The maximum Gasteiger partial charge on any atom is 0.331 e. The summed E-state index contributed by atoms with van der Waals surface area (Å²) in [4.78, 5) is 22.3. The van der Waals surface area contributed by atoms with Crippen LogP contribution in [0.1, 0.15) is 149 Å². The molecule has 0 atom stereocenters. The smallest absolute Gasteiger partial charge is 0.331 e. The van der Waals surface area contributed by atoms with Crippen molar-refractivity contribution in [1.29, 1.82) is 0 Å². The first-order valence-corrected chi connectivity index (χ1v) is 19.1. The van der Waals surface area contributed by atoms with Crippen molar-refractivity contribution in [1.82, 2.24) is 0 Å². The molecule has 0 saturated carbocycles. The van der Waals surface area contributed by atoms with Crippen molar-refractivity contribution >= 4 is 11.9 Å². The van der Waals surface area contributed by atoms with Gasteiger partial charge in [-0.2, -0.15) is 0 Å². The van der Waals surface area contributed by atoms with Crippen molar-refractivity contribution in [2.45, 2.75) is 161 Å². The van der Waals surface area contributed by atoms with Crippen LogP contribution >= 0.6 is 0 Å². The number of allylic oxidation sites excluding steroid dienone is 18. The van der Waals surface area contributed by atoms with E-state index in [-0.39, 0.29) is 16.8 Å². The summed E-state index contributed by atoms with van der Waals surface area (Å²) in [6.45, 7) is 32.5. The van der Waals surface area contributed by atoms with Crippen LogP contribution in [-0.2, 0) is 14.3 Å². The molecule has 5 heteroatoms. The van der Waals surface area contributed by atoms with Crippen LogP contribution < -0.4 is 0 Å². The quantitative estimate of drug-likeness (QED) is 0.133. The van der Waals surface area contributed by atoms with Crippen LogP contribution in [0.5, 0.6) is 0 Å². The maximum absolute atomic E-state index is 11.8. The molecule has 0 aromatic heterocycles. The predicted octanol–water partition coefficient (Wildman–Crippen LogP) is 13.2. The van der Waals surface area contributed by atoms with Crippen molar-refractivity contribution in [3.63, 3.8) is 0 Å². The summed E-state index contributed by atoms with van der Waals surface area (Å²) >= 11 is 0. The van der Waals surface area contributed by atoms with Gasteiger partial charge in [-0.15, -0.1) is 0 Å². The summed E-state index contributed by atoms with van der Waals surface area (Å²) in [5, 5.41) is 17.2. The molecule has 5 nitrogen and oxygen atoms in total. The molecule has 0 radical (unpaired) electrons.